The SMILES string of the molecule is O=C([O-])C1C=CCC(I)C1. The van der Waals surface area contributed by atoms with E-state index in [0.29, 0.717) is 3.92 Å². The Morgan fingerprint density at radius 1 is 1.70 bits per heavy atom. The third-order valence-corrected chi connectivity index (χ3v) is 2.59. The van der Waals surface area contributed by atoms with E-state index in [2.05, 4.69) is 22.6 Å². The highest BCUT2D eigenvalue weighted by molar-refractivity contribution is 14.1. The first-order valence-electron chi connectivity index (χ1n) is 3.21. The van der Waals surface area contributed by atoms with Gasteiger partial charge in [-0.2, -0.15) is 0 Å². The molecular weight excluding hydrogens is 243 g/mol. The fraction of sp³-hybridized carbons (Fsp3) is 0.571. The van der Waals surface area contributed by atoms with Gasteiger partial charge in [-0.05, 0) is 12.8 Å². The van der Waals surface area contributed by atoms with Crippen molar-refractivity contribution in [1.29, 1.82) is 0 Å². The molecule has 0 bridgehead atoms. The van der Waals surface area contributed by atoms with Crippen molar-refractivity contribution in [1.82, 2.24) is 0 Å². The number of carbonyl (C=O) groups excluding carboxylic acids is 1. The van der Waals surface area contributed by atoms with Crippen molar-refractivity contribution < 1.29 is 9.90 Å². The van der Waals surface area contributed by atoms with Crippen LogP contribution in [0.15, 0.2) is 12.2 Å². The maximum atomic E-state index is 10.3. The predicted octanol–water partition coefficient (Wildman–Crippen LogP) is 0.506. The molecule has 0 aromatic carbocycles. The Balaban J connectivity index is 2.55. The molecule has 2 atom stereocenters. The second-order valence-electron chi connectivity index (χ2n) is 2.42. The molecule has 0 amide bonds. The van der Waals surface area contributed by atoms with Crippen LogP contribution in [0.25, 0.3) is 0 Å². The Hall–Kier alpha value is -0.0600. The number of alkyl halides is 1. The van der Waals surface area contributed by atoms with Gasteiger partial charge in [0.2, 0.25) is 0 Å². The fourth-order valence-corrected chi connectivity index (χ4v) is 1.86. The summed E-state index contributed by atoms with van der Waals surface area (Å²) in [5, 5.41) is 10.3. The highest BCUT2D eigenvalue weighted by Crippen LogP contribution is 2.23. The summed E-state index contributed by atoms with van der Waals surface area (Å²) in [5.74, 6) is -1.30. The van der Waals surface area contributed by atoms with Crippen LogP contribution in [-0.2, 0) is 4.79 Å². The van der Waals surface area contributed by atoms with Crippen LogP contribution < -0.4 is 5.11 Å². The molecule has 1 rings (SSSR count). The number of aliphatic carboxylic acids is 1. The van der Waals surface area contributed by atoms with E-state index in [1.165, 1.54) is 0 Å². The second kappa shape index (κ2) is 3.37. The molecule has 0 saturated heterocycles. The Morgan fingerprint density at radius 3 is 2.80 bits per heavy atom. The highest BCUT2D eigenvalue weighted by Gasteiger charge is 2.15. The molecule has 0 aliphatic heterocycles. The molecular formula is C7H8IO2-. The molecule has 1 aliphatic rings. The van der Waals surface area contributed by atoms with Crippen molar-refractivity contribution in [3.05, 3.63) is 12.2 Å². The van der Waals surface area contributed by atoms with Gasteiger partial charge in [0.25, 0.3) is 0 Å². The molecule has 3 heteroatoms. The van der Waals surface area contributed by atoms with Crippen LogP contribution in [0.2, 0.25) is 0 Å². The lowest BCUT2D eigenvalue weighted by molar-refractivity contribution is -0.309. The van der Waals surface area contributed by atoms with Gasteiger partial charge in [-0.25, -0.2) is 0 Å². The van der Waals surface area contributed by atoms with Crippen LogP contribution in [0.4, 0.5) is 0 Å². The molecule has 0 spiro atoms. The molecule has 0 heterocycles. The van der Waals surface area contributed by atoms with Crippen LogP contribution in [0.3, 0.4) is 0 Å². The van der Waals surface area contributed by atoms with Crippen LogP contribution in [-0.4, -0.2) is 9.89 Å². The number of carboxylic acid groups (broad SMARTS) is 1. The van der Waals surface area contributed by atoms with Gasteiger partial charge >= 0.3 is 0 Å². The summed E-state index contributed by atoms with van der Waals surface area (Å²) in [6.07, 6.45) is 5.36. The van der Waals surface area contributed by atoms with Crippen LogP contribution in [0, 0.1) is 5.92 Å². The number of halogens is 1. The maximum absolute atomic E-state index is 10.3. The molecule has 2 nitrogen and oxygen atoms in total. The van der Waals surface area contributed by atoms with Crippen molar-refractivity contribution in [2.24, 2.45) is 5.92 Å². The smallest absolute Gasteiger partial charge is 0.0483 e. The van der Waals surface area contributed by atoms with Crippen molar-refractivity contribution in [2.45, 2.75) is 16.8 Å². The topological polar surface area (TPSA) is 40.1 Å². The minimum Gasteiger partial charge on any atom is -0.550 e. The van der Waals surface area contributed by atoms with Crippen molar-refractivity contribution in [3.8, 4) is 0 Å². The van der Waals surface area contributed by atoms with Gasteiger partial charge in [0.1, 0.15) is 0 Å². The number of allylic oxidation sites excluding steroid dienone is 1. The lowest BCUT2D eigenvalue weighted by Gasteiger charge is -2.20. The summed E-state index contributed by atoms with van der Waals surface area (Å²) in [6.45, 7) is 0. The number of hydrogen-bond donors (Lipinski definition) is 0. The summed E-state index contributed by atoms with van der Waals surface area (Å²) in [7, 11) is 0. The Morgan fingerprint density at radius 2 is 2.40 bits per heavy atom. The average Bonchev–Trinajstić information content (AvgIpc) is 1.88. The number of carboxylic acids is 1. The fourth-order valence-electron chi connectivity index (χ4n) is 1.02. The lowest BCUT2D eigenvalue weighted by atomic mass is 9.96. The van der Waals surface area contributed by atoms with Gasteiger partial charge in [-0.3, -0.25) is 0 Å². The van der Waals surface area contributed by atoms with Crippen LogP contribution >= 0.6 is 22.6 Å². The largest absolute Gasteiger partial charge is 0.550 e. The molecule has 0 aromatic rings. The van der Waals surface area contributed by atoms with E-state index >= 15 is 0 Å². The molecule has 0 aromatic heterocycles. The molecule has 10 heavy (non-hydrogen) atoms. The average molecular weight is 251 g/mol. The summed E-state index contributed by atoms with van der Waals surface area (Å²) < 4.78 is 0.463. The lowest BCUT2D eigenvalue weighted by Crippen LogP contribution is -2.32. The number of rotatable bonds is 1. The molecule has 56 valence electrons. The van der Waals surface area contributed by atoms with E-state index < -0.39 is 5.97 Å². The molecule has 0 saturated carbocycles. The van der Waals surface area contributed by atoms with Gasteiger partial charge in [0.15, 0.2) is 0 Å². The van der Waals surface area contributed by atoms with E-state index in [0.717, 1.165) is 12.8 Å². The van der Waals surface area contributed by atoms with Crippen LogP contribution in [0.1, 0.15) is 12.8 Å². The Labute approximate surface area is 73.5 Å². The Kier molecular flexibility index (Phi) is 2.71. The molecule has 0 N–H and O–H groups in total. The summed E-state index contributed by atoms with van der Waals surface area (Å²) in [6, 6.07) is 0. The summed E-state index contributed by atoms with van der Waals surface area (Å²) in [4.78, 5) is 10.3. The zero-order valence-electron chi connectivity index (χ0n) is 5.42. The second-order valence-corrected chi connectivity index (χ2v) is 4.18. The minimum atomic E-state index is -0.947. The summed E-state index contributed by atoms with van der Waals surface area (Å²) in [5.41, 5.74) is 0. The monoisotopic (exact) mass is 251 g/mol. The first-order valence-corrected chi connectivity index (χ1v) is 4.46. The number of hydrogen-bond acceptors (Lipinski definition) is 2. The quantitative estimate of drug-likeness (QED) is 0.387. The van der Waals surface area contributed by atoms with Gasteiger partial charge in [-0.15, -0.1) is 0 Å². The molecule has 0 radical (unpaired) electrons. The third kappa shape index (κ3) is 1.97. The maximum Gasteiger partial charge on any atom is 0.0483 e. The standard InChI is InChI=1S/C7H9IO2/c8-6-3-1-2-5(4-6)7(9)10/h1-2,5-6H,3-4H2,(H,9,10)/p-1. The van der Waals surface area contributed by atoms with Crippen molar-refractivity contribution >= 4 is 28.6 Å². The van der Waals surface area contributed by atoms with E-state index in [1.54, 1.807) is 6.08 Å². The zero-order valence-corrected chi connectivity index (χ0v) is 7.58. The highest BCUT2D eigenvalue weighted by atomic mass is 127. The summed E-state index contributed by atoms with van der Waals surface area (Å²) >= 11 is 2.26. The van der Waals surface area contributed by atoms with Crippen molar-refractivity contribution in [2.75, 3.05) is 0 Å². The minimum absolute atomic E-state index is 0.351. The Bertz CT molecular complexity index is 165. The first-order chi connectivity index (χ1) is 4.70. The third-order valence-electron chi connectivity index (χ3n) is 1.57. The van der Waals surface area contributed by atoms with Gasteiger partial charge in [-0.1, -0.05) is 34.7 Å². The predicted molar refractivity (Wildman–Crippen MR) is 44.7 cm³/mol. The first kappa shape index (κ1) is 8.04. The molecule has 2 unspecified atom stereocenters. The van der Waals surface area contributed by atoms with Crippen LogP contribution in [0.5, 0.6) is 0 Å². The van der Waals surface area contributed by atoms with Crippen molar-refractivity contribution in [3.63, 3.8) is 0 Å². The van der Waals surface area contributed by atoms with E-state index in [9.17, 15) is 9.90 Å². The van der Waals surface area contributed by atoms with E-state index in [1.807, 2.05) is 6.08 Å². The molecule has 0 fully saturated rings. The zero-order chi connectivity index (χ0) is 7.56. The van der Waals surface area contributed by atoms with Gasteiger partial charge in [0.05, 0.1) is 0 Å². The van der Waals surface area contributed by atoms with Gasteiger partial charge < -0.3 is 9.90 Å². The normalized spacial score (nSPS) is 32.1. The van der Waals surface area contributed by atoms with Gasteiger partial charge in [0, 0.05) is 15.8 Å². The molecule has 1 aliphatic carbocycles. The van der Waals surface area contributed by atoms with E-state index in [-0.39, 0.29) is 5.92 Å². The van der Waals surface area contributed by atoms with E-state index in [4.69, 9.17) is 0 Å². The number of carbonyl (C=O) groups is 1.